The molecule has 0 unspecified atom stereocenters. The van der Waals surface area contributed by atoms with E-state index >= 15 is 0 Å². The number of aryl methyl sites for hydroxylation is 1. The van der Waals surface area contributed by atoms with Crippen molar-refractivity contribution in [2.45, 2.75) is 23.8 Å². The minimum Gasteiger partial charge on any atom is -0.497 e. The summed E-state index contributed by atoms with van der Waals surface area (Å²) in [6, 6.07) is 17.0. The minimum absolute atomic E-state index is 0.103. The predicted molar refractivity (Wildman–Crippen MR) is 101 cm³/mol. The number of methoxy groups -OCH3 is 1. The van der Waals surface area contributed by atoms with Crippen LogP contribution in [0.2, 0.25) is 0 Å². The summed E-state index contributed by atoms with van der Waals surface area (Å²) in [5, 5.41) is 14.6. The van der Waals surface area contributed by atoms with Gasteiger partial charge in [0.2, 0.25) is 0 Å². The van der Waals surface area contributed by atoms with Crippen LogP contribution in [0.1, 0.15) is 16.7 Å². The highest BCUT2D eigenvalue weighted by molar-refractivity contribution is 7.99. The molecule has 0 atom stereocenters. The molecule has 1 heterocycles. The molecule has 26 heavy (non-hydrogen) atoms. The Balaban J connectivity index is 2.13. The van der Waals surface area contributed by atoms with E-state index in [2.05, 4.69) is 5.10 Å². The molecule has 3 rings (SSSR count). The van der Waals surface area contributed by atoms with Gasteiger partial charge in [0.1, 0.15) is 22.4 Å². The Bertz CT molecular complexity index is 1050. The van der Waals surface area contributed by atoms with E-state index < -0.39 is 5.56 Å². The fourth-order valence-corrected chi connectivity index (χ4v) is 3.49. The Morgan fingerprint density at radius 3 is 2.50 bits per heavy atom. The zero-order valence-electron chi connectivity index (χ0n) is 14.7. The van der Waals surface area contributed by atoms with E-state index in [0.29, 0.717) is 22.0 Å². The van der Waals surface area contributed by atoms with Crippen molar-refractivity contribution in [3.05, 3.63) is 75.6 Å². The number of nitriles is 1. The van der Waals surface area contributed by atoms with E-state index in [1.165, 1.54) is 16.4 Å². The second kappa shape index (κ2) is 7.46. The molecule has 0 saturated carbocycles. The number of rotatable bonds is 4. The molecule has 2 aromatic carbocycles. The van der Waals surface area contributed by atoms with Crippen molar-refractivity contribution in [1.29, 1.82) is 5.26 Å². The Morgan fingerprint density at radius 1 is 1.15 bits per heavy atom. The highest BCUT2D eigenvalue weighted by Crippen LogP contribution is 2.29. The molecule has 0 saturated heterocycles. The van der Waals surface area contributed by atoms with Gasteiger partial charge in [0, 0.05) is 10.5 Å². The highest BCUT2D eigenvalue weighted by Gasteiger charge is 2.16. The maximum absolute atomic E-state index is 12.7. The fourth-order valence-electron chi connectivity index (χ4n) is 2.50. The minimum atomic E-state index is -0.427. The van der Waals surface area contributed by atoms with Crippen molar-refractivity contribution in [3.8, 4) is 17.5 Å². The highest BCUT2D eigenvalue weighted by atomic mass is 32.2. The lowest BCUT2D eigenvalue weighted by atomic mass is 10.2. The molecular weight excluding hydrogens is 346 g/mol. The Hall–Kier alpha value is -3.04. The third-order valence-corrected chi connectivity index (χ3v) is 5.00. The lowest BCUT2D eigenvalue weighted by molar-refractivity contribution is 0.414. The molecule has 6 heteroatoms. The molecule has 3 aromatic rings. The van der Waals surface area contributed by atoms with Crippen molar-refractivity contribution >= 4 is 11.8 Å². The monoisotopic (exact) mass is 363 g/mol. The smallest absolute Gasteiger partial charge is 0.289 e. The first-order valence-corrected chi connectivity index (χ1v) is 8.78. The number of hydrogen-bond acceptors (Lipinski definition) is 5. The van der Waals surface area contributed by atoms with Gasteiger partial charge in [-0.25, -0.2) is 0 Å². The van der Waals surface area contributed by atoms with E-state index in [0.717, 1.165) is 10.5 Å². The van der Waals surface area contributed by atoms with Crippen molar-refractivity contribution in [1.82, 2.24) is 9.78 Å². The van der Waals surface area contributed by atoms with Gasteiger partial charge < -0.3 is 4.74 Å². The first-order valence-electron chi connectivity index (χ1n) is 7.96. The third kappa shape index (κ3) is 3.48. The van der Waals surface area contributed by atoms with Gasteiger partial charge in [0.15, 0.2) is 0 Å². The van der Waals surface area contributed by atoms with Crippen molar-refractivity contribution in [3.63, 3.8) is 0 Å². The van der Waals surface area contributed by atoms with E-state index in [1.807, 2.05) is 37.3 Å². The second-order valence-electron chi connectivity index (χ2n) is 5.75. The molecule has 0 amide bonds. The maximum atomic E-state index is 12.7. The molecule has 1 aromatic heterocycles. The van der Waals surface area contributed by atoms with Crippen LogP contribution in [0.15, 0.2) is 63.2 Å². The number of nitrogens with zero attached hydrogens (tertiary/aromatic N) is 3. The molecule has 0 aliphatic carbocycles. The molecule has 0 N–H and O–H groups in total. The molecule has 130 valence electrons. The average Bonchev–Trinajstić information content (AvgIpc) is 2.65. The summed E-state index contributed by atoms with van der Waals surface area (Å²) in [6.07, 6.45) is 0. The lowest BCUT2D eigenvalue weighted by Crippen LogP contribution is -2.25. The first-order chi connectivity index (χ1) is 12.5. The summed E-state index contributed by atoms with van der Waals surface area (Å²) in [4.78, 5) is 13.7. The van der Waals surface area contributed by atoms with Gasteiger partial charge in [-0.05, 0) is 50.2 Å². The zero-order chi connectivity index (χ0) is 18.7. The first kappa shape index (κ1) is 17.8. The standard InChI is InChI=1S/C20H17N3O2S/c1-13-5-4-6-17(11-13)26-19-14(2)18(12-21)20(24)23(22-19)15-7-9-16(25-3)10-8-15/h4-11H,1-3H3. The molecule has 0 bridgehead atoms. The molecule has 0 fully saturated rings. The van der Waals surface area contributed by atoms with Gasteiger partial charge in [0.05, 0.1) is 12.8 Å². The molecule has 0 aliphatic rings. The summed E-state index contributed by atoms with van der Waals surface area (Å²) in [7, 11) is 1.58. The van der Waals surface area contributed by atoms with Crippen LogP contribution in [0.3, 0.4) is 0 Å². The zero-order valence-corrected chi connectivity index (χ0v) is 15.5. The van der Waals surface area contributed by atoms with Crippen LogP contribution >= 0.6 is 11.8 Å². The normalized spacial score (nSPS) is 10.4. The van der Waals surface area contributed by atoms with Crippen LogP contribution in [-0.2, 0) is 0 Å². The summed E-state index contributed by atoms with van der Waals surface area (Å²) < 4.78 is 6.42. The third-order valence-electron chi connectivity index (χ3n) is 3.93. The molecule has 0 spiro atoms. The summed E-state index contributed by atoms with van der Waals surface area (Å²) >= 11 is 1.44. The SMILES string of the molecule is COc1ccc(-n2nc(Sc3cccc(C)c3)c(C)c(C#N)c2=O)cc1. The number of ether oxygens (including phenoxy) is 1. The largest absolute Gasteiger partial charge is 0.497 e. The maximum Gasteiger partial charge on any atom is 0.289 e. The van der Waals surface area contributed by atoms with Crippen molar-refractivity contribution < 1.29 is 4.74 Å². The Morgan fingerprint density at radius 2 is 1.88 bits per heavy atom. The van der Waals surface area contributed by atoms with Gasteiger partial charge in [-0.1, -0.05) is 29.5 Å². The van der Waals surface area contributed by atoms with Gasteiger partial charge in [-0.3, -0.25) is 4.79 Å². The topological polar surface area (TPSA) is 67.9 Å². The Kier molecular flexibility index (Phi) is 5.10. The molecule has 0 aliphatic heterocycles. The molecule has 5 nitrogen and oxygen atoms in total. The van der Waals surface area contributed by atoms with Gasteiger partial charge in [0.25, 0.3) is 5.56 Å². The molecule has 0 radical (unpaired) electrons. The predicted octanol–water partition coefficient (Wildman–Crippen LogP) is 3.88. The second-order valence-corrected chi connectivity index (χ2v) is 6.81. The number of hydrogen-bond donors (Lipinski definition) is 0. The van der Waals surface area contributed by atoms with Crippen LogP contribution in [0, 0.1) is 25.2 Å². The van der Waals surface area contributed by atoms with E-state index in [-0.39, 0.29) is 5.56 Å². The van der Waals surface area contributed by atoms with E-state index in [1.54, 1.807) is 38.3 Å². The summed E-state index contributed by atoms with van der Waals surface area (Å²) in [5.41, 5.74) is 1.98. The van der Waals surface area contributed by atoms with Crippen LogP contribution in [0.25, 0.3) is 5.69 Å². The van der Waals surface area contributed by atoms with Crippen LogP contribution in [0.5, 0.6) is 5.75 Å². The van der Waals surface area contributed by atoms with E-state index in [9.17, 15) is 10.1 Å². The van der Waals surface area contributed by atoms with E-state index in [4.69, 9.17) is 4.74 Å². The van der Waals surface area contributed by atoms with Crippen molar-refractivity contribution in [2.24, 2.45) is 0 Å². The average molecular weight is 363 g/mol. The lowest BCUT2D eigenvalue weighted by Gasteiger charge is -2.12. The Labute approximate surface area is 155 Å². The van der Waals surface area contributed by atoms with Crippen LogP contribution in [-0.4, -0.2) is 16.9 Å². The molecular formula is C20H17N3O2S. The van der Waals surface area contributed by atoms with Gasteiger partial charge in [-0.15, -0.1) is 0 Å². The number of benzene rings is 2. The fraction of sp³-hybridized carbons (Fsp3) is 0.150. The van der Waals surface area contributed by atoms with Gasteiger partial charge >= 0.3 is 0 Å². The quantitative estimate of drug-likeness (QED) is 0.704. The van der Waals surface area contributed by atoms with Crippen LogP contribution < -0.4 is 10.3 Å². The van der Waals surface area contributed by atoms with Crippen molar-refractivity contribution in [2.75, 3.05) is 7.11 Å². The van der Waals surface area contributed by atoms with Crippen LogP contribution in [0.4, 0.5) is 0 Å². The van der Waals surface area contributed by atoms with Gasteiger partial charge in [-0.2, -0.15) is 15.0 Å². The summed E-state index contributed by atoms with van der Waals surface area (Å²) in [5.74, 6) is 0.684. The summed E-state index contributed by atoms with van der Waals surface area (Å²) in [6.45, 7) is 3.77. The number of aromatic nitrogens is 2.